The van der Waals surface area contributed by atoms with Crippen LogP contribution in [0.2, 0.25) is 0 Å². The van der Waals surface area contributed by atoms with Crippen LogP contribution >= 0.6 is 0 Å². The molecule has 0 bridgehead atoms. The number of aryl methyl sites for hydroxylation is 1. The minimum Gasteiger partial charge on any atom is -0.337 e. The number of hydrogen-bond acceptors (Lipinski definition) is 3. The lowest BCUT2D eigenvalue weighted by atomic mass is 10.1. The van der Waals surface area contributed by atoms with Crippen molar-refractivity contribution in [2.75, 3.05) is 13.6 Å². The summed E-state index contributed by atoms with van der Waals surface area (Å²) in [5, 5.41) is 0. The van der Waals surface area contributed by atoms with Gasteiger partial charge in [0.25, 0.3) is 5.91 Å². The number of benzene rings is 2. The molecule has 2 aromatic carbocycles. The molecule has 1 amide bonds. The Hall–Kier alpha value is -2.25. The molecule has 0 saturated heterocycles. The van der Waals surface area contributed by atoms with Gasteiger partial charge in [-0.15, -0.1) is 0 Å². The summed E-state index contributed by atoms with van der Waals surface area (Å²) in [6, 6.07) is 10.5. The molecule has 0 atom stereocenters. The number of sulfonamides is 1. The third-order valence-corrected chi connectivity index (χ3v) is 5.28. The standard InChI is InChI=1S/C18H21FN2O3S/c1-4-20-25(23,24)16-9-8-13(2)17(11-16)18(22)21(3)12-14-6-5-7-15(19)10-14/h5-11,20H,4,12H2,1-3H3. The van der Waals surface area contributed by atoms with E-state index in [4.69, 9.17) is 0 Å². The zero-order valence-electron chi connectivity index (χ0n) is 14.4. The van der Waals surface area contributed by atoms with Gasteiger partial charge in [0.2, 0.25) is 10.0 Å². The van der Waals surface area contributed by atoms with Crippen LogP contribution in [0.15, 0.2) is 47.4 Å². The highest BCUT2D eigenvalue weighted by atomic mass is 32.2. The minimum absolute atomic E-state index is 0.0439. The van der Waals surface area contributed by atoms with E-state index >= 15 is 0 Å². The van der Waals surface area contributed by atoms with Gasteiger partial charge >= 0.3 is 0 Å². The smallest absolute Gasteiger partial charge is 0.254 e. The van der Waals surface area contributed by atoms with Crippen LogP contribution in [0.25, 0.3) is 0 Å². The zero-order chi connectivity index (χ0) is 18.6. The summed E-state index contributed by atoms with van der Waals surface area (Å²) in [5.74, 6) is -0.691. The molecule has 25 heavy (non-hydrogen) atoms. The number of amides is 1. The molecular formula is C18H21FN2O3S. The van der Waals surface area contributed by atoms with Crippen LogP contribution in [0.4, 0.5) is 4.39 Å². The van der Waals surface area contributed by atoms with Crippen LogP contribution in [0.5, 0.6) is 0 Å². The SMILES string of the molecule is CCNS(=O)(=O)c1ccc(C)c(C(=O)N(C)Cc2cccc(F)c2)c1. The molecule has 0 radical (unpaired) electrons. The number of rotatable bonds is 6. The van der Waals surface area contributed by atoms with Gasteiger partial charge in [-0.05, 0) is 42.3 Å². The van der Waals surface area contributed by atoms with Crippen molar-refractivity contribution >= 4 is 15.9 Å². The van der Waals surface area contributed by atoms with Gasteiger partial charge in [-0.2, -0.15) is 0 Å². The van der Waals surface area contributed by atoms with E-state index in [2.05, 4.69) is 4.72 Å². The first-order chi connectivity index (χ1) is 11.7. The number of carbonyl (C=O) groups is 1. The Balaban J connectivity index is 2.29. The van der Waals surface area contributed by atoms with E-state index in [1.165, 1.54) is 29.2 Å². The molecule has 7 heteroatoms. The second kappa shape index (κ2) is 7.76. The number of carbonyl (C=O) groups excluding carboxylic acids is 1. The Morgan fingerprint density at radius 1 is 1.20 bits per heavy atom. The van der Waals surface area contributed by atoms with Crippen LogP contribution < -0.4 is 4.72 Å². The maximum Gasteiger partial charge on any atom is 0.254 e. The van der Waals surface area contributed by atoms with Gasteiger partial charge < -0.3 is 4.90 Å². The Morgan fingerprint density at radius 3 is 2.56 bits per heavy atom. The van der Waals surface area contributed by atoms with Crippen LogP contribution in [-0.2, 0) is 16.6 Å². The predicted octanol–water partition coefficient (Wildman–Crippen LogP) is 2.70. The largest absolute Gasteiger partial charge is 0.337 e. The Kier molecular flexibility index (Phi) is 5.92. The summed E-state index contributed by atoms with van der Waals surface area (Å²) in [4.78, 5) is 14.2. The monoisotopic (exact) mass is 364 g/mol. The van der Waals surface area contributed by atoms with Gasteiger partial charge in [-0.25, -0.2) is 17.5 Å². The van der Waals surface area contributed by atoms with Crippen molar-refractivity contribution in [3.05, 3.63) is 65.0 Å². The summed E-state index contributed by atoms with van der Waals surface area (Å²) >= 11 is 0. The Bertz CT molecular complexity index is 882. The first-order valence-corrected chi connectivity index (χ1v) is 9.33. The van der Waals surface area contributed by atoms with E-state index in [0.29, 0.717) is 16.7 Å². The molecule has 0 heterocycles. The lowest BCUT2D eigenvalue weighted by Crippen LogP contribution is -2.28. The molecule has 0 spiro atoms. The third kappa shape index (κ3) is 4.64. The van der Waals surface area contributed by atoms with Crippen LogP contribution in [-0.4, -0.2) is 32.8 Å². The summed E-state index contributed by atoms with van der Waals surface area (Å²) in [6.07, 6.45) is 0. The molecular weight excluding hydrogens is 343 g/mol. The van der Waals surface area contributed by atoms with Crippen molar-refractivity contribution in [1.82, 2.24) is 9.62 Å². The molecule has 1 N–H and O–H groups in total. The van der Waals surface area contributed by atoms with Crippen molar-refractivity contribution in [3.63, 3.8) is 0 Å². The maximum atomic E-state index is 13.3. The van der Waals surface area contributed by atoms with Gasteiger partial charge in [-0.3, -0.25) is 4.79 Å². The lowest BCUT2D eigenvalue weighted by molar-refractivity contribution is 0.0784. The summed E-state index contributed by atoms with van der Waals surface area (Å²) in [6.45, 7) is 3.91. The average Bonchev–Trinajstić information content (AvgIpc) is 2.54. The molecule has 0 aliphatic heterocycles. The summed E-state index contributed by atoms with van der Waals surface area (Å²) in [7, 11) is -2.05. The molecule has 2 rings (SSSR count). The van der Waals surface area contributed by atoms with Crippen molar-refractivity contribution in [3.8, 4) is 0 Å². The molecule has 0 aliphatic carbocycles. The van der Waals surface area contributed by atoms with E-state index in [1.54, 1.807) is 39.1 Å². The van der Waals surface area contributed by atoms with Crippen LogP contribution in [0.1, 0.15) is 28.4 Å². The van der Waals surface area contributed by atoms with Crippen molar-refractivity contribution in [2.45, 2.75) is 25.3 Å². The fourth-order valence-corrected chi connectivity index (χ4v) is 3.53. The zero-order valence-corrected chi connectivity index (χ0v) is 15.2. The van der Waals surface area contributed by atoms with Gasteiger partial charge in [0, 0.05) is 25.7 Å². The molecule has 0 saturated carbocycles. The second-order valence-electron chi connectivity index (χ2n) is 5.77. The first kappa shape index (κ1) is 19.1. The second-order valence-corrected chi connectivity index (χ2v) is 7.54. The Labute approximate surface area is 147 Å². The van der Waals surface area contributed by atoms with Crippen molar-refractivity contribution in [1.29, 1.82) is 0 Å². The number of nitrogens with zero attached hydrogens (tertiary/aromatic N) is 1. The quantitative estimate of drug-likeness (QED) is 0.857. The van der Waals surface area contributed by atoms with Crippen molar-refractivity contribution in [2.24, 2.45) is 0 Å². The molecule has 0 unspecified atom stereocenters. The highest BCUT2D eigenvalue weighted by molar-refractivity contribution is 7.89. The van der Waals surface area contributed by atoms with E-state index in [-0.39, 0.29) is 29.7 Å². The summed E-state index contributed by atoms with van der Waals surface area (Å²) in [5.41, 5.74) is 1.63. The topological polar surface area (TPSA) is 66.5 Å². The molecule has 134 valence electrons. The molecule has 0 fully saturated rings. The average molecular weight is 364 g/mol. The fourth-order valence-electron chi connectivity index (χ4n) is 2.46. The highest BCUT2D eigenvalue weighted by Crippen LogP contribution is 2.18. The molecule has 0 aliphatic rings. The highest BCUT2D eigenvalue weighted by Gasteiger charge is 2.19. The molecule has 2 aromatic rings. The van der Waals surface area contributed by atoms with E-state index < -0.39 is 10.0 Å². The normalized spacial score (nSPS) is 11.4. The van der Waals surface area contributed by atoms with Gasteiger partial charge in [0.15, 0.2) is 0 Å². The molecule has 0 aromatic heterocycles. The third-order valence-electron chi connectivity index (χ3n) is 3.74. The predicted molar refractivity (Wildman–Crippen MR) is 94.2 cm³/mol. The maximum absolute atomic E-state index is 13.3. The van der Waals surface area contributed by atoms with Gasteiger partial charge in [-0.1, -0.05) is 25.1 Å². The van der Waals surface area contributed by atoms with E-state index in [1.807, 2.05) is 0 Å². The summed E-state index contributed by atoms with van der Waals surface area (Å²) < 4.78 is 40.0. The van der Waals surface area contributed by atoms with Crippen molar-refractivity contribution < 1.29 is 17.6 Å². The molecule has 5 nitrogen and oxygen atoms in total. The Morgan fingerprint density at radius 2 is 1.92 bits per heavy atom. The lowest BCUT2D eigenvalue weighted by Gasteiger charge is -2.19. The number of nitrogens with one attached hydrogen (secondary N) is 1. The minimum atomic E-state index is -3.64. The van der Waals surface area contributed by atoms with E-state index in [0.717, 1.165) is 0 Å². The fraction of sp³-hybridized carbons (Fsp3) is 0.278. The van der Waals surface area contributed by atoms with Crippen LogP contribution in [0.3, 0.4) is 0 Å². The van der Waals surface area contributed by atoms with Gasteiger partial charge in [0.05, 0.1) is 4.90 Å². The van der Waals surface area contributed by atoms with Gasteiger partial charge in [0.1, 0.15) is 5.82 Å². The van der Waals surface area contributed by atoms with Crippen LogP contribution in [0, 0.1) is 12.7 Å². The number of hydrogen-bond donors (Lipinski definition) is 1. The van der Waals surface area contributed by atoms with E-state index in [9.17, 15) is 17.6 Å². The number of halogens is 1. The first-order valence-electron chi connectivity index (χ1n) is 7.85.